The SMILES string of the molecule is C=C(c1ccc(CN2C(=O)c3ccc4c5c(ccc(c35)C2=O)C(=O)N(Cc2ccc(CCC(C(F)(F)F)C(F)(F)C(F)(F)C(F)(F)C(F)(F)C(F)(F)C(F)F)cc2)C4=O)cc1)C(C)C(F)(F)C(F)(F)C(F)(F)C(F)(F)C(F)(F)C(F)F.FF.FF. The number of hydrogen-bond acceptors (Lipinski definition) is 4. The molecule has 4 aromatic carbocycles. The van der Waals surface area contributed by atoms with Crippen LogP contribution in [0.2, 0.25) is 0 Å². The summed E-state index contributed by atoms with van der Waals surface area (Å²) in [5.74, 6) is -88.6. The maximum atomic E-state index is 15.0. The number of carbonyl (C=O) groups excluding carboxylic acids is 4. The number of alkyl halides is 27. The lowest BCUT2D eigenvalue weighted by molar-refractivity contribution is -0.427. The molecule has 472 valence electrons. The minimum absolute atomic E-state index is 0.0382. The lowest BCUT2D eigenvalue weighted by Gasteiger charge is -2.41. The Hall–Kier alpha value is -7.01. The predicted molar refractivity (Wildman–Crippen MR) is 227 cm³/mol. The molecule has 2 aliphatic rings. The maximum Gasteiger partial charge on any atom is 0.397 e. The van der Waals surface area contributed by atoms with Gasteiger partial charge in [0.2, 0.25) is 0 Å². The Morgan fingerprint density at radius 2 is 0.671 bits per heavy atom. The highest BCUT2D eigenvalue weighted by Crippen LogP contribution is 2.63. The lowest BCUT2D eigenvalue weighted by Crippen LogP contribution is -2.70. The number of aryl methyl sites for hydroxylation is 1. The predicted octanol–water partition coefficient (Wildman–Crippen LogP) is 16.8. The first-order valence-electron chi connectivity index (χ1n) is 22.4. The van der Waals surface area contributed by atoms with Gasteiger partial charge in [0.05, 0.1) is 19.0 Å². The number of halogens is 31. The van der Waals surface area contributed by atoms with Crippen molar-refractivity contribution in [3.05, 3.63) is 124 Å². The monoisotopic (exact) mass is 1290 g/mol. The molecule has 4 amide bonds. The molecule has 0 bridgehead atoms. The number of hydrogen-bond donors (Lipinski definition) is 0. The van der Waals surface area contributed by atoms with E-state index in [0.717, 1.165) is 72.8 Å². The summed E-state index contributed by atoms with van der Waals surface area (Å²) in [4.78, 5) is 56.4. The Morgan fingerprint density at radius 1 is 0.400 bits per heavy atom. The van der Waals surface area contributed by atoms with Crippen LogP contribution >= 0.6 is 0 Å². The number of rotatable bonds is 21. The van der Waals surface area contributed by atoms with Gasteiger partial charge in [0, 0.05) is 51.3 Å². The molecule has 2 atom stereocenters. The van der Waals surface area contributed by atoms with E-state index < -0.39 is 156 Å². The van der Waals surface area contributed by atoms with Crippen LogP contribution in [0.3, 0.4) is 0 Å². The van der Waals surface area contributed by atoms with Crippen LogP contribution in [0, 0.1) is 11.8 Å². The van der Waals surface area contributed by atoms with E-state index in [1.807, 2.05) is 0 Å². The van der Waals surface area contributed by atoms with Crippen LogP contribution in [-0.2, 0) is 19.5 Å². The molecule has 6 nitrogen and oxygen atoms in total. The molecular weight excluding hydrogens is 1260 g/mol. The molecule has 2 aliphatic heterocycles. The molecule has 85 heavy (non-hydrogen) atoms. The molecule has 0 saturated carbocycles. The van der Waals surface area contributed by atoms with E-state index in [1.165, 1.54) is 0 Å². The van der Waals surface area contributed by atoms with Crippen molar-refractivity contribution in [1.82, 2.24) is 9.80 Å². The average Bonchev–Trinajstić information content (AvgIpc) is 0.796. The molecule has 0 saturated heterocycles. The zero-order valence-electron chi connectivity index (χ0n) is 41.0. The van der Waals surface area contributed by atoms with Crippen LogP contribution in [-0.4, -0.2) is 112 Å². The number of carbonyl (C=O) groups is 4. The van der Waals surface area contributed by atoms with Crippen molar-refractivity contribution >= 4 is 40.0 Å². The van der Waals surface area contributed by atoms with Crippen LogP contribution in [0.5, 0.6) is 0 Å². The first kappa shape index (κ1) is 70.5. The third-order valence-electron chi connectivity index (χ3n) is 13.5. The maximum absolute atomic E-state index is 15.0. The molecule has 0 aromatic heterocycles. The van der Waals surface area contributed by atoms with E-state index in [0.29, 0.717) is 9.80 Å². The van der Waals surface area contributed by atoms with Gasteiger partial charge in [-0.2, -0.15) is 101 Å². The summed E-state index contributed by atoms with van der Waals surface area (Å²) in [7, 11) is 0. The smallest absolute Gasteiger partial charge is 0.270 e. The number of amides is 4. The normalized spacial score (nSPS) is 15.9. The second-order valence-corrected chi connectivity index (χ2v) is 18.4. The highest BCUT2D eigenvalue weighted by atomic mass is 20.0. The summed E-state index contributed by atoms with van der Waals surface area (Å²) >= 11 is 0. The highest BCUT2D eigenvalue weighted by Gasteiger charge is 2.90. The summed E-state index contributed by atoms with van der Waals surface area (Å²) in [6, 6.07) is 10.8. The van der Waals surface area contributed by atoms with Gasteiger partial charge in [-0.25, -0.2) is 17.6 Å². The minimum atomic E-state index is -8.23. The second-order valence-electron chi connectivity index (χ2n) is 18.4. The van der Waals surface area contributed by atoms with Gasteiger partial charge in [-0.3, -0.25) is 29.0 Å². The topological polar surface area (TPSA) is 74.8 Å². The summed E-state index contributed by atoms with van der Waals surface area (Å²) in [6.07, 6.45) is -22.1. The van der Waals surface area contributed by atoms with Gasteiger partial charge in [0.15, 0.2) is 0 Å². The van der Waals surface area contributed by atoms with Crippen molar-refractivity contribution < 1.29 is 156 Å². The quantitative estimate of drug-likeness (QED) is 0.0615. The molecule has 0 radical (unpaired) electrons. The van der Waals surface area contributed by atoms with Gasteiger partial charge in [-0.15, -0.1) is 0 Å². The van der Waals surface area contributed by atoms with Crippen LogP contribution in [0.15, 0.2) is 79.4 Å². The lowest BCUT2D eigenvalue weighted by atomic mass is 9.83. The van der Waals surface area contributed by atoms with Crippen LogP contribution in [0.1, 0.15) is 77.0 Å². The van der Waals surface area contributed by atoms with E-state index in [-0.39, 0.29) is 51.1 Å². The molecule has 2 unspecified atom stereocenters. The van der Waals surface area contributed by atoms with Crippen molar-refractivity contribution in [2.75, 3.05) is 0 Å². The van der Waals surface area contributed by atoms with Crippen molar-refractivity contribution in [3.8, 4) is 0 Å². The first-order chi connectivity index (χ1) is 38.6. The third-order valence-corrected chi connectivity index (χ3v) is 13.5. The fourth-order valence-electron chi connectivity index (χ4n) is 8.59. The molecule has 2 heterocycles. The Bertz CT molecular complexity index is 3090. The van der Waals surface area contributed by atoms with Crippen LogP contribution in [0.4, 0.5) is 137 Å². The van der Waals surface area contributed by atoms with E-state index in [1.54, 1.807) is 0 Å². The van der Waals surface area contributed by atoms with E-state index in [9.17, 15) is 138 Å². The van der Waals surface area contributed by atoms with Crippen LogP contribution < -0.4 is 0 Å². The third kappa shape index (κ3) is 11.0. The highest BCUT2D eigenvalue weighted by molar-refractivity contribution is 6.33. The van der Waals surface area contributed by atoms with Gasteiger partial charge in [-0.05, 0) is 64.9 Å². The zero-order valence-corrected chi connectivity index (χ0v) is 41.0. The summed E-state index contributed by atoms with van der Waals surface area (Å²) in [5, 5.41) is -0.520. The molecule has 0 N–H and O–H groups in total. The van der Waals surface area contributed by atoms with Crippen molar-refractivity contribution in [3.63, 3.8) is 0 Å². The molecule has 6 rings (SSSR count). The van der Waals surface area contributed by atoms with E-state index >= 15 is 0 Å². The average molecular weight is 1290 g/mol. The molecular formula is C48H29F31N2O4. The largest absolute Gasteiger partial charge is 0.397 e. The summed E-state index contributed by atoms with van der Waals surface area (Å²) in [5.41, 5.74) is -3.94. The van der Waals surface area contributed by atoms with Gasteiger partial charge in [0.25, 0.3) is 23.6 Å². The first-order valence-corrected chi connectivity index (χ1v) is 22.4. The van der Waals surface area contributed by atoms with Crippen molar-refractivity contribution in [2.45, 2.75) is 111 Å². The number of nitrogens with zero attached hydrogens (tertiary/aromatic N) is 2. The molecule has 0 fully saturated rings. The fourth-order valence-corrected chi connectivity index (χ4v) is 8.59. The van der Waals surface area contributed by atoms with Gasteiger partial charge >= 0.3 is 78.3 Å². The Kier molecular flexibility index (Phi) is 19.4. The second kappa shape index (κ2) is 23.3. The minimum Gasteiger partial charge on any atom is -0.270 e. The fraction of sp³-hybridized carbons (Fsp3) is 0.417. The zero-order chi connectivity index (χ0) is 65.9. The Labute approximate surface area is 452 Å². The van der Waals surface area contributed by atoms with Crippen LogP contribution in [0.25, 0.3) is 16.3 Å². The molecule has 0 aliphatic carbocycles. The van der Waals surface area contributed by atoms with Gasteiger partial charge in [-0.1, -0.05) is 62.0 Å². The standard InChI is InChI=1S/C48H29F27N2O4.2F2/c1-19(20(2)38(53,54)43(64,65)47(72,73)45(68,69)40(57,58)36(49)50)24-10-7-23(8-11-24)18-77-34(80)27-14-12-25-30-26(13-15-28(31(27)30)35(77)81)33(79)76(32(25)78)17-22-5-3-21(4-6-22)9-16-29(42(61,62)63)39(55,56)44(66,67)48(74,75)46(70,71)41(59,60)37(51)52;2*1-2/h3-8,10-15,20,29,36-37H,1,9,16-18H2,2H3;;. The number of benzene rings is 4. The number of imide groups is 2. The summed E-state index contributed by atoms with van der Waals surface area (Å²) in [6.45, 7) is 1.62. The van der Waals surface area contributed by atoms with E-state index in [4.69, 9.17) is 18.3 Å². The van der Waals surface area contributed by atoms with E-state index in [2.05, 4.69) is 6.58 Å². The molecule has 0 spiro atoms. The summed E-state index contributed by atoms with van der Waals surface area (Å²) < 4.78 is 405. The molecule has 4 aromatic rings. The van der Waals surface area contributed by atoms with Gasteiger partial charge in [0.1, 0.15) is 5.92 Å². The number of allylic oxidation sites excluding steroid dienone is 1. The van der Waals surface area contributed by atoms with Gasteiger partial charge < -0.3 is 0 Å². The van der Waals surface area contributed by atoms with Crippen molar-refractivity contribution in [2.24, 2.45) is 11.8 Å². The Morgan fingerprint density at radius 3 is 0.965 bits per heavy atom. The molecule has 37 heteroatoms. The van der Waals surface area contributed by atoms with Crippen molar-refractivity contribution in [1.29, 1.82) is 0 Å². The Balaban J connectivity index is 0.00000379.